The fraction of sp³-hybridized carbons (Fsp3) is 0.667. The summed E-state index contributed by atoms with van der Waals surface area (Å²) in [6.07, 6.45) is -3.26. The monoisotopic (exact) mass is 308 g/mol. The molecule has 0 amide bonds. The van der Waals surface area contributed by atoms with Gasteiger partial charge in [0.2, 0.25) is 5.78 Å². The molecule has 112 valence electrons. The molecular formula is C12H15F3N2O2S. The lowest BCUT2D eigenvalue weighted by Gasteiger charge is -2.31. The van der Waals surface area contributed by atoms with Crippen LogP contribution in [-0.2, 0) is 10.9 Å². The number of hydrogen-bond donors (Lipinski definition) is 0. The normalized spacial score (nSPS) is 21.1. The van der Waals surface area contributed by atoms with Crippen molar-refractivity contribution in [3.8, 4) is 0 Å². The van der Waals surface area contributed by atoms with Gasteiger partial charge in [0.25, 0.3) is 0 Å². The van der Waals surface area contributed by atoms with Gasteiger partial charge in [-0.3, -0.25) is 9.69 Å². The van der Waals surface area contributed by atoms with Crippen LogP contribution in [0.2, 0.25) is 0 Å². The zero-order valence-electron chi connectivity index (χ0n) is 10.9. The van der Waals surface area contributed by atoms with Crippen molar-refractivity contribution in [1.29, 1.82) is 0 Å². The molecule has 1 aromatic heterocycles. The third-order valence-electron chi connectivity index (χ3n) is 2.97. The van der Waals surface area contributed by atoms with E-state index in [0.29, 0.717) is 24.5 Å². The number of alkyl halides is 3. The maximum Gasteiger partial charge on any atom is 0.443 e. The minimum atomic E-state index is -4.51. The van der Waals surface area contributed by atoms with Gasteiger partial charge in [-0.1, -0.05) is 6.92 Å². The zero-order valence-corrected chi connectivity index (χ0v) is 11.8. The highest BCUT2D eigenvalue weighted by molar-refractivity contribution is 7.13. The van der Waals surface area contributed by atoms with E-state index in [-0.39, 0.29) is 4.88 Å². The summed E-state index contributed by atoms with van der Waals surface area (Å²) in [6.45, 7) is 4.47. The van der Waals surface area contributed by atoms with E-state index >= 15 is 0 Å². The van der Waals surface area contributed by atoms with Crippen LogP contribution >= 0.6 is 11.3 Å². The molecule has 1 unspecified atom stereocenters. The minimum Gasteiger partial charge on any atom is -0.367 e. The number of aromatic nitrogens is 1. The smallest absolute Gasteiger partial charge is 0.367 e. The van der Waals surface area contributed by atoms with Crippen LogP contribution in [0.15, 0.2) is 6.20 Å². The van der Waals surface area contributed by atoms with Crippen LogP contribution in [0.25, 0.3) is 0 Å². The van der Waals surface area contributed by atoms with Gasteiger partial charge in [-0.05, 0) is 13.0 Å². The summed E-state index contributed by atoms with van der Waals surface area (Å²) in [5, 5.41) is -0.998. The standard InChI is InChI=1S/C12H15F3N2O2S/c1-2-3-17-4-5-19-8(7-17)10(18)9-6-16-11(20-9)12(13,14)15/h6,8H,2-5,7H2,1H3. The van der Waals surface area contributed by atoms with Crippen LogP contribution in [0, 0.1) is 0 Å². The first-order chi connectivity index (χ1) is 9.41. The molecule has 0 aliphatic carbocycles. The van der Waals surface area contributed by atoms with E-state index in [1.54, 1.807) is 0 Å². The Morgan fingerprint density at radius 3 is 2.95 bits per heavy atom. The van der Waals surface area contributed by atoms with Crippen molar-refractivity contribution in [1.82, 2.24) is 9.88 Å². The molecule has 1 fully saturated rings. The number of carbonyl (C=O) groups excluding carboxylic acids is 1. The van der Waals surface area contributed by atoms with Crippen molar-refractivity contribution < 1.29 is 22.7 Å². The molecule has 0 N–H and O–H groups in total. The first kappa shape index (κ1) is 15.4. The lowest BCUT2D eigenvalue weighted by molar-refractivity contribution is -0.137. The average Bonchev–Trinajstić information content (AvgIpc) is 2.88. The van der Waals surface area contributed by atoms with E-state index in [2.05, 4.69) is 9.88 Å². The summed E-state index contributed by atoms with van der Waals surface area (Å²) >= 11 is 0.372. The maximum atomic E-state index is 12.5. The van der Waals surface area contributed by atoms with Crippen LogP contribution in [-0.4, -0.2) is 48.0 Å². The zero-order chi connectivity index (χ0) is 14.8. The lowest BCUT2D eigenvalue weighted by Crippen LogP contribution is -2.46. The molecule has 1 aromatic rings. The topological polar surface area (TPSA) is 42.4 Å². The van der Waals surface area contributed by atoms with Crippen LogP contribution in [0.1, 0.15) is 28.0 Å². The highest BCUT2D eigenvalue weighted by Crippen LogP contribution is 2.33. The third kappa shape index (κ3) is 3.56. The Morgan fingerprint density at radius 1 is 1.60 bits per heavy atom. The summed E-state index contributed by atoms with van der Waals surface area (Å²) in [6, 6.07) is 0. The fourth-order valence-electron chi connectivity index (χ4n) is 2.06. The number of Topliss-reactive ketones (excluding diaryl/α,β-unsaturated/α-hetero) is 1. The molecule has 0 radical (unpaired) electrons. The number of morpholine rings is 1. The van der Waals surface area contributed by atoms with Gasteiger partial charge in [0.15, 0.2) is 5.01 Å². The quantitative estimate of drug-likeness (QED) is 0.801. The molecule has 4 nitrogen and oxygen atoms in total. The fourth-order valence-corrected chi connectivity index (χ4v) is 2.83. The van der Waals surface area contributed by atoms with E-state index in [1.807, 2.05) is 6.92 Å². The molecule has 8 heteroatoms. The second-order valence-corrected chi connectivity index (χ2v) is 5.58. The predicted octanol–water partition coefficient (Wildman–Crippen LogP) is 2.46. The van der Waals surface area contributed by atoms with Crippen molar-refractivity contribution in [2.24, 2.45) is 0 Å². The van der Waals surface area contributed by atoms with Gasteiger partial charge in [0.1, 0.15) is 6.10 Å². The summed E-state index contributed by atoms with van der Waals surface area (Å²) < 4.78 is 42.8. The van der Waals surface area contributed by atoms with Gasteiger partial charge in [-0.2, -0.15) is 13.2 Å². The van der Waals surface area contributed by atoms with Crippen molar-refractivity contribution in [2.75, 3.05) is 26.2 Å². The highest BCUT2D eigenvalue weighted by atomic mass is 32.1. The molecule has 1 aliphatic rings. The van der Waals surface area contributed by atoms with Crippen molar-refractivity contribution in [2.45, 2.75) is 25.6 Å². The van der Waals surface area contributed by atoms with Crippen molar-refractivity contribution in [3.05, 3.63) is 16.1 Å². The van der Waals surface area contributed by atoms with E-state index in [9.17, 15) is 18.0 Å². The van der Waals surface area contributed by atoms with Crippen molar-refractivity contribution >= 4 is 17.1 Å². The van der Waals surface area contributed by atoms with E-state index in [0.717, 1.165) is 25.7 Å². The van der Waals surface area contributed by atoms with Gasteiger partial charge in [-0.15, -0.1) is 11.3 Å². The predicted molar refractivity (Wildman–Crippen MR) is 67.9 cm³/mol. The van der Waals surface area contributed by atoms with E-state index < -0.39 is 23.1 Å². The van der Waals surface area contributed by atoms with Gasteiger partial charge in [0.05, 0.1) is 11.5 Å². The molecule has 1 aliphatic heterocycles. The average molecular weight is 308 g/mol. The Morgan fingerprint density at radius 2 is 2.35 bits per heavy atom. The number of rotatable bonds is 4. The number of ether oxygens (including phenoxy) is 1. The lowest BCUT2D eigenvalue weighted by atomic mass is 10.1. The Bertz CT molecular complexity index is 474. The van der Waals surface area contributed by atoms with Crippen LogP contribution < -0.4 is 0 Å². The number of thiazole rings is 1. The number of carbonyl (C=O) groups is 1. The van der Waals surface area contributed by atoms with Crippen LogP contribution in [0.3, 0.4) is 0 Å². The highest BCUT2D eigenvalue weighted by Gasteiger charge is 2.36. The number of nitrogens with zero attached hydrogens (tertiary/aromatic N) is 2. The number of hydrogen-bond acceptors (Lipinski definition) is 5. The van der Waals surface area contributed by atoms with Gasteiger partial charge in [-0.25, -0.2) is 4.98 Å². The maximum absolute atomic E-state index is 12.5. The summed E-state index contributed by atoms with van der Waals surface area (Å²) in [5.74, 6) is -0.418. The molecule has 2 heterocycles. The number of halogens is 3. The molecule has 0 saturated carbocycles. The minimum absolute atomic E-state index is 0.000624. The summed E-state index contributed by atoms with van der Waals surface area (Å²) in [4.78, 5) is 17.5. The SMILES string of the molecule is CCCN1CCOC(C(=O)c2cnc(C(F)(F)F)s2)C1. The molecule has 1 atom stereocenters. The first-order valence-electron chi connectivity index (χ1n) is 6.33. The molecule has 0 aromatic carbocycles. The van der Waals surface area contributed by atoms with Crippen molar-refractivity contribution in [3.63, 3.8) is 0 Å². The molecule has 0 bridgehead atoms. The van der Waals surface area contributed by atoms with Crippen LogP contribution in [0.4, 0.5) is 13.2 Å². The molecule has 0 spiro atoms. The van der Waals surface area contributed by atoms with Gasteiger partial charge >= 0.3 is 6.18 Å². The second-order valence-electron chi connectivity index (χ2n) is 4.55. The Balaban J connectivity index is 2.05. The Kier molecular flexibility index (Phi) is 4.77. The second kappa shape index (κ2) is 6.19. The van der Waals surface area contributed by atoms with Crippen LogP contribution in [0.5, 0.6) is 0 Å². The Labute approximate surface area is 118 Å². The van der Waals surface area contributed by atoms with Gasteiger partial charge < -0.3 is 4.74 Å². The van der Waals surface area contributed by atoms with E-state index in [4.69, 9.17) is 4.74 Å². The summed E-state index contributed by atoms with van der Waals surface area (Å²) in [7, 11) is 0. The van der Waals surface area contributed by atoms with Gasteiger partial charge in [0, 0.05) is 19.3 Å². The molecule has 20 heavy (non-hydrogen) atoms. The largest absolute Gasteiger partial charge is 0.443 e. The molecular weight excluding hydrogens is 293 g/mol. The first-order valence-corrected chi connectivity index (χ1v) is 7.14. The molecule has 2 rings (SSSR count). The molecule has 1 saturated heterocycles. The summed E-state index contributed by atoms with van der Waals surface area (Å²) in [5.41, 5.74) is 0. The number of ketones is 1. The Hall–Kier alpha value is -0.990. The van der Waals surface area contributed by atoms with E-state index in [1.165, 1.54) is 0 Å². The third-order valence-corrected chi connectivity index (χ3v) is 4.03.